The smallest absolute Gasteiger partial charge is 0.0737 e. The molecule has 0 atom stereocenters. The lowest BCUT2D eigenvalue weighted by atomic mass is 10.1. The lowest BCUT2D eigenvalue weighted by Gasteiger charge is -2.23. The minimum Gasteiger partial charge on any atom is -0.396 e. The zero-order chi connectivity index (χ0) is 24.5. The second-order valence-corrected chi connectivity index (χ2v) is 9.31. The van der Waals surface area contributed by atoms with Crippen molar-refractivity contribution in [2.45, 2.75) is 26.2 Å². The number of nitrogens with zero attached hydrogens (tertiary/aromatic N) is 3. The zero-order valence-corrected chi connectivity index (χ0v) is 21.1. The third kappa shape index (κ3) is 7.04. The number of aryl methyl sites for hydroxylation is 1. The molecule has 2 aromatic heterocycles. The van der Waals surface area contributed by atoms with Gasteiger partial charge in [0.1, 0.15) is 0 Å². The number of nitrogens with one attached hydrogen (secondary N) is 2. The topological polar surface area (TPSA) is 73.3 Å². The molecule has 2 heterocycles. The molecule has 0 aliphatic heterocycles. The van der Waals surface area contributed by atoms with Crippen molar-refractivity contribution in [1.82, 2.24) is 14.9 Å². The summed E-state index contributed by atoms with van der Waals surface area (Å²) >= 11 is 6.13. The van der Waals surface area contributed by atoms with Crippen LogP contribution < -0.4 is 10.6 Å². The first-order valence-electron chi connectivity index (χ1n) is 12.3. The summed E-state index contributed by atoms with van der Waals surface area (Å²) in [5, 5.41) is 19.2. The van der Waals surface area contributed by atoms with Crippen LogP contribution in [0.15, 0.2) is 60.9 Å². The van der Waals surface area contributed by atoms with Crippen LogP contribution in [0.2, 0.25) is 5.02 Å². The van der Waals surface area contributed by atoms with Gasteiger partial charge in [-0.15, -0.1) is 0 Å². The highest BCUT2D eigenvalue weighted by Crippen LogP contribution is 2.24. The summed E-state index contributed by atoms with van der Waals surface area (Å²) in [6, 6.07) is 16.3. The average Bonchev–Trinajstić information content (AvgIpc) is 2.86. The Morgan fingerprint density at radius 2 is 1.40 bits per heavy atom. The number of rotatable bonds is 13. The van der Waals surface area contributed by atoms with Crippen LogP contribution in [0.5, 0.6) is 0 Å². The van der Waals surface area contributed by atoms with Gasteiger partial charge in [-0.05, 0) is 74.7 Å². The number of pyridine rings is 2. The van der Waals surface area contributed by atoms with Crippen molar-refractivity contribution in [3.8, 4) is 0 Å². The molecule has 4 rings (SSSR count). The van der Waals surface area contributed by atoms with Gasteiger partial charge in [0.05, 0.1) is 11.0 Å². The Bertz CT molecular complexity index is 1160. The quantitative estimate of drug-likeness (QED) is 0.207. The monoisotopic (exact) mass is 491 g/mol. The van der Waals surface area contributed by atoms with Gasteiger partial charge in [0.15, 0.2) is 0 Å². The SMILES string of the molecule is Cc1ccc2c(NCCN(CCCCCO)CCNc3ccnc4cc(Cl)ccc34)ccnc2c1. The maximum absolute atomic E-state index is 9.12. The Kier molecular flexibility index (Phi) is 9.12. The lowest BCUT2D eigenvalue weighted by molar-refractivity contribution is 0.262. The first kappa shape index (κ1) is 25.2. The second kappa shape index (κ2) is 12.7. The molecular weight excluding hydrogens is 458 g/mol. The van der Waals surface area contributed by atoms with Crippen molar-refractivity contribution in [1.29, 1.82) is 0 Å². The lowest BCUT2D eigenvalue weighted by Crippen LogP contribution is -2.34. The molecule has 0 amide bonds. The summed E-state index contributed by atoms with van der Waals surface area (Å²) in [6.07, 6.45) is 6.66. The largest absolute Gasteiger partial charge is 0.396 e. The number of halogens is 1. The van der Waals surface area contributed by atoms with Crippen LogP contribution >= 0.6 is 11.6 Å². The van der Waals surface area contributed by atoms with E-state index in [0.717, 1.165) is 85.2 Å². The van der Waals surface area contributed by atoms with E-state index in [0.29, 0.717) is 5.02 Å². The molecule has 184 valence electrons. The molecule has 0 saturated carbocycles. The molecule has 3 N–H and O–H groups in total. The Balaban J connectivity index is 1.35. The summed E-state index contributed by atoms with van der Waals surface area (Å²) in [7, 11) is 0. The van der Waals surface area contributed by atoms with Crippen LogP contribution in [0, 0.1) is 6.92 Å². The van der Waals surface area contributed by atoms with Crippen molar-refractivity contribution in [2.75, 3.05) is 50.0 Å². The molecule has 0 bridgehead atoms. The van der Waals surface area contributed by atoms with Gasteiger partial charge in [0.25, 0.3) is 0 Å². The number of aliphatic hydroxyl groups excluding tert-OH is 1. The third-order valence-electron chi connectivity index (χ3n) is 6.22. The summed E-state index contributed by atoms with van der Waals surface area (Å²) in [4.78, 5) is 11.4. The molecule has 6 nitrogen and oxygen atoms in total. The Hall–Kier alpha value is -2.93. The van der Waals surface area contributed by atoms with Crippen LogP contribution in [0.4, 0.5) is 11.4 Å². The van der Waals surface area contributed by atoms with E-state index >= 15 is 0 Å². The van der Waals surface area contributed by atoms with Gasteiger partial charge in [-0.25, -0.2) is 0 Å². The van der Waals surface area contributed by atoms with Crippen LogP contribution in [0.1, 0.15) is 24.8 Å². The molecule has 4 aromatic rings. The highest BCUT2D eigenvalue weighted by Gasteiger charge is 2.08. The van der Waals surface area contributed by atoms with E-state index in [-0.39, 0.29) is 6.61 Å². The number of aromatic nitrogens is 2. The van der Waals surface area contributed by atoms with E-state index < -0.39 is 0 Å². The Morgan fingerprint density at radius 1 is 0.771 bits per heavy atom. The standard InChI is InChI=1S/C28H34ClN5O/c1-21-5-7-23-25(9-11-30-27(23)19-21)32-13-16-34(15-3-2-4-18-35)17-14-33-26-10-12-31-28-20-22(29)6-8-24(26)28/h5-12,19-20,35H,2-4,13-18H2,1H3,(H,30,32)(H,31,33). The Morgan fingerprint density at radius 3 is 2.06 bits per heavy atom. The van der Waals surface area contributed by atoms with Crippen LogP contribution in [0.25, 0.3) is 21.8 Å². The predicted molar refractivity (Wildman–Crippen MR) is 148 cm³/mol. The average molecular weight is 492 g/mol. The number of hydrogen-bond acceptors (Lipinski definition) is 6. The molecule has 0 saturated heterocycles. The van der Waals surface area contributed by atoms with Gasteiger partial charge in [0.2, 0.25) is 0 Å². The number of unbranched alkanes of at least 4 members (excludes halogenated alkanes) is 2. The fraction of sp³-hybridized carbons (Fsp3) is 0.357. The number of anilines is 2. The minimum absolute atomic E-state index is 0.261. The number of hydrogen-bond donors (Lipinski definition) is 3. The van der Waals surface area contributed by atoms with E-state index in [1.807, 2.05) is 42.7 Å². The summed E-state index contributed by atoms with van der Waals surface area (Å²) in [5.41, 5.74) is 5.32. The fourth-order valence-corrected chi connectivity index (χ4v) is 4.51. The van der Waals surface area contributed by atoms with Gasteiger partial charge >= 0.3 is 0 Å². The molecule has 0 aliphatic rings. The predicted octanol–water partition coefficient (Wildman–Crippen LogP) is 5.73. The van der Waals surface area contributed by atoms with E-state index in [2.05, 4.69) is 50.6 Å². The maximum atomic E-state index is 9.12. The normalized spacial score (nSPS) is 11.4. The molecule has 35 heavy (non-hydrogen) atoms. The molecule has 7 heteroatoms. The van der Waals surface area contributed by atoms with Crippen LogP contribution in [0.3, 0.4) is 0 Å². The molecule has 0 fully saturated rings. The van der Waals surface area contributed by atoms with Crippen molar-refractivity contribution in [3.05, 3.63) is 71.5 Å². The van der Waals surface area contributed by atoms with E-state index in [1.165, 1.54) is 5.56 Å². The van der Waals surface area contributed by atoms with Gasteiger partial charge in [-0.3, -0.25) is 14.9 Å². The number of benzene rings is 2. The highest BCUT2D eigenvalue weighted by atomic mass is 35.5. The van der Waals surface area contributed by atoms with Gasteiger partial charge in [-0.2, -0.15) is 0 Å². The van der Waals surface area contributed by atoms with Crippen molar-refractivity contribution in [3.63, 3.8) is 0 Å². The van der Waals surface area contributed by atoms with Gasteiger partial charge in [0, 0.05) is 72.3 Å². The Labute approximate surface area is 212 Å². The highest BCUT2D eigenvalue weighted by molar-refractivity contribution is 6.31. The fourth-order valence-electron chi connectivity index (χ4n) is 4.34. The maximum Gasteiger partial charge on any atom is 0.0737 e. The van der Waals surface area contributed by atoms with Crippen molar-refractivity contribution < 1.29 is 5.11 Å². The van der Waals surface area contributed by atoms with E-state index in [4.69, 9.17) is 16.7 Å². The van der Waals surface area contributed by atoms with Crippen molar-refractivity contribution >= 4 is 44.8 Å². The van der Waals surface area contributed by atoms with Crippen LogP contribution in [-0.2, 0) is 0 Å². The van der Waals surface area contributed by atoms with Gasteiger partial charge in [-0.1, -0.05) is 23.7 Å². The molecular formula is C28H34ClN5O. The summed E-state index contributed by atoms with van der Waals surface area (Å²) in [5.74, 6) is 0. The molecule has 0 radical (unpaired) electrons. The first-order chi connectivity index (χ1) is 17.1. The van der Waals surface area contributed by atoms with Crippen molar-refractivity contribution in [2.24, 2.45) is 0 Å². The second-order valence-electron chi connectivity index (χ2n) is 8.88. The summed E-state index contributed by atoms with van der Waals surface area (Å²) in [6.45, 7) is 6.90. The molecule has 0 spiro atoms. The van der Waals surface area contributed by atoms with Crippen LogP contribution in [-0.4, -0.2) is 59.3 Å². The van der Waals surface area contributed by atoms with E-state index in [9.17, 15) is 0 Å². The molecule has 0 aliphatic carbocycles. The third-order valence-corrected chi connectivity index (χ3v) is 6.46. The number of aliphatic hydroxyl groups is 1. The van der Waals surface area contributed by atoms with Gasteiger partial charge < -0.3 is 15.7 Å². The summed E-state index contributed by atoms with van der Waals surface area (Å²) < 4.78 is 0. The van der Waals surface area contributed by atoms with E-state index in [1.54, 1.807) is 0 Å². The minimum atomic E-state index is 0.261. The first-order valence-corrected chi connectivity index (χ1v) is 12.7. The zero-order valence-electron chi connectivity index (χ0n) is 20.3. The molecule has 2 aromatic carbocycles. The number of fused-ring (bicyclic) bond motifs is 2. The molecule has 0 unspecified atom stereocenters.